The van der Waals surface area contributed by atoms with Gasteiger partial charge in [0.1, 0.15) is 0 Å². The van der Waals surface area contributed by atoms with E-state index in [1.165, 1.54) is 27.6 Å². The molecule has 0 aromatic heterocycles. The Morgan fingerprint density at radius 2 is 1.79 bits per heavy atom. The van der Waals surface area contributed by atoms with Gasteiger partial charge in [0.25, 0.3) is 0 Å². The van der Waals surface area contributed by atoms with Crippen molar-refractivity contribution in [2.24, 2.45) is 5.92 Å². The molecule has 1 fully saturated rings. The predicted molar refractivity (Wildman–Crippen MR) is 113 cm³/mol. The van der Waals surface area contributed by atoms with E-state index < -0.39 is 10.0 Å². The lowest BCUT2D eigenvalue weighted by atomic mass is 9.87. The lowest BCUT2D eigenvalue weighted by molar-refractivity contribution is -0.127. The molecular formula is C22H25ClN2O3S. The molecule has 0 bridgehead atoms. The van der Waals surface area contributed by atoms with E-state index >= 15 is 0 Å². The average Bonchev–Trinajstić information content (AvgIpc) is 2.74. The van der Waals surface area contributed by atoms with Gasteiger partial charge in [-0.25, -0.2) is 8.42 Å². The lowest BCUT2D eigenvalue weighted by Gasteiger charge is -2.33. The molecule has 2 aliphatic rings. The summed E-state index contributed by atoms with van der Waals surface area (Å²) in [5, 5.41) is 3.68. The molecule has 5 nitrogen and oxygen atoms in total. The second-order valence-corrected chi connectivity index (χ2v) is 10.2. The number of aryl methyl sites for hydroxylation is 1. The van der Waals surface area contributed by atoms with E-state index in [1.54, 1.807) is 12.1 Å². The van der Waals surface area contributed by atoms with E-state index in [0.717, 1.165) is 19.3 Å². The molecule has 0 saturated carbocycles. The van der Waals surface area contributed by atoms with Gasteiger partial charge in [0.15, 0.2) is 0 Å². The van der Waals surface area contributed by atoms with Crippen molar-refractivity contribution in [3.8, 4) is 0 Å². The van der Waals surface area contributed by atoms with Crippen LogP contribution in [0.4, 0.5) is 0 Å². The van der Waals surface area contributed by atoms with Crippen molar-refractivity contribution < 1.29 is 13.2 Å². The van der Waals surface area contributed by atoms with Gasteiger partial charge >= 0.3 is 0 Å². The molecule has 1 saturated heterocycles. The minimum Gasteiger partial charge on any atom is -0.349 e. The monoisotopic (exact) mass is 432 g/mol. The zero-order valence-corrected chi connectivity index (χ0v) is 17.8. The molecular weight excluding hydrogens is 408 g/mol. The number of carbonyl (C=O) groups is 1. The number of halogens is 1. The summed E-state index contributed by atoms with van der Waals surface area (Å²) < 4.78 is 27.4. The number of piperidine rings is 1. The Morgan fingerprint density at radius 3 is 2.59 bits per heavy atom. The third kappa shape index (κ3) is 4.34. The van der Waals surface area contributed by atoms with Crippen molar-refractivity contribution in [3.63, 3.8) is 0 Å². The number of benzene rings is 2. The number of carbonyl (C=O) groups excluding carboxylic acids is 1. The van der Waals surface area contributed by atoms with Gasteiger partial charge in [-0.2, -0.15) is 4.31 Å². The maximum atomic E-state index is 13.0. The summed E-state index contributed by atoms with van der Waals surface area (Å²) in [7, 11) is -3.63. The van der Waals surface area contributed by atoms with Crippen molar-refractivity contribution in [1.82, 2.24) is 9.62 Å². The van der Waals surface area contributed by atoms with E-state index in [1.807, 2.05) is 12.1 Å². The van der Waals surface area contributed by atoms with Crippen LogP contribution in [-0.2, 0) is 21.2 Å². The van der Waals surface area contributed by atoms with E-state index in [0.29, 0.717) is 24.4 Å². The molecule has 7 heteroatoms. The lowest BCUT2D eigenvalue weighted by Crippen LogP contribution is -2.46. The molecule has 4 rings (SSSR count). The van der Waals surface area contributed by atoms with Gasteiger partial charge in [0.2, 0.25) is 15.9 Å². The summed E-state index contributed by atoms with van der Waals surface area (Å²) in [5.41, 5.74) is 2.48. The number of fused-ring (bicyclic) bond motifs is 1. The number of nitrogens with one attached hydrogen (secondary N) is 1. The summed E-state index contributed by atoms with van der Waals surface area (Å²) in [6, 6.07) is 14.4. The zero-order valence-electron chi connectivity index (χ0n) is 16.2. The van der Waals surface area contributed by atoms with Crippen LogP contribution in [0.25, 0.3) is 0 Å². The zero-order chi connectivity index (χ0) is 20.4. The van der Waals surface area contributed by atoms with E-state index in [-0.39, 0.29) is 29.3 Å². The van der Waals surface area contributed by atoms with Crippen LogP contribution < -0.4 is 5.32 Å². The van der Waals surface area contributed by atoms with Crippen LogP contribution in [-0.4, -0.2) is 31.7 Å². The standard InChI is InChI=1S/C22H25ClN2O3S/c23-18-10-12-19(13-11-18)29(27,28)25-14-4-7-17(15-25)22(26)24-21-9-3-6-16-5-1-2-8-20(16)21/h1-2,5,8,10-13,17,21H,3-4,6-7,9,14-15H2,(H,24,26)/t17-,21+/m1/s1. The second-order valence-electron chi connectivity index (χ2n) is 7.81. The molecule has 29 heavy (non-hydrogen) atoms. The Hall–Kier alpha value is -1.89. The molecule has 1 aliphatic carbocycles. The van der Waals surface area contributed by atoms with Crippen molar-refractivity contribution in [2.45, 2.75) is 43.0 Å². The molecule has 1 amide bonds. The molecule has 1 N–H and O–H groups in total. The Labute approximate surface area is 177 Å². The van der Waals surface area contributed by atoms with Gasteiger partial charge < -0.3 is 5.32 Å². The number of rotatable bonds is 4. The summed E-state index contributed by atoms with van der Waals surface area (Å²) in [6.07, 6.45) is 4.38. The van der Waals surface area contributed by atoms with Crippen LogP contribution in [0, 0.1) is 5.92 Å². The first-order chi connectivity index (χ1) is 13.9. The summed E-state index contributed by atoms with van der Waals surface area (Å²) >= 11 is 5.88. The molecule has 0 spiro atoms. The Morgan fingerprint density at radius 1 is 1.03 bits per heavy atom. The molecule has 2 aromatic rings. The average molecular weight is 433 g/mol. The molecule has 0 unspecified atom stereocenters. The van der Waals surface area contributed by atoms with E-state index in [4.69, 9.17) is 11.6 Å². The van der Waals surface area contributed by atoms with Crippen molar-refractivity contribution in [3.05, 3.63) is 64.7 Å². The highest BCUT2D eigenvalue weighted by molar-refractivity contribution is 7.89. The minimum absolute atomic E-state index is 0.00991. The van der Waals surface area contributed by atoms with E-state index in [9.17, 15) is 13.2 Å². The Kier molecular flexibility index (Phi) is 5.95. The number of amides is 1. The van der Waals surface area contributed by atoms with Crippen molar-refractivity contribution in [1.29, 1.82) is 0 Å². The summed E-state index contributed by atoms with van der Waals surface area (Å²) in [4.78, 5) is 13.2. The van der Waals surface area contributed by atoms with Gasteiger partial charge in [-0.3, -0.25) is 4.79 Å². The Balaban J connectivity index is 1.46. The molecule has 1 heterocycles. The minimum atomic E-state index is -3.63. The first-order valence-electron chi connectivity index (χ1n) is 10.1. The molecule has 154 valence electrons. The van der Waals surface area contributed by atoms with Gasteiger partial charge in [-0.15, -0.1) is 0 Å². The highest BCUT2D eigenvalue weighted by atomic mass is 35.5. The van der Waals surface area contributed by atoms with Crippen LogP contribution in [0.5, 0.6) is 0 Å². The second kappa shape index (κ2) is 8.46. The summed E-state index contributed by atoms with van der Waals surface area (Å²) in [6.45, 7) is 0.645. The molecule has 2 atom stereocenters. The SMILES string of the molecule is O=C(N[C@H]1CCCc2ccccc21)[C@@H]1CCCN(S(=O)(=O)c2ccc(Cl)cc2)C1. The summed E-state index contributed by atoms with van der Waals surface area (Å²) in [5.74, 6) is -0.386. The third-order valence-corrected chi connectivity index (χ3v) is 8.02. The highest BCUT2D eigenvalue weighted by Gasteiger charge is 2.34. The van der Waals surface area contributed by atoms with Crippen LogP contribution in [0.2, 0.25) is 5.02 Å². The largest absolute Gasteiger partial charge is 0.349 e. The number of hydrogen-bond donors (Lipinski definition) is 1. The van der Waals surface area contributed by atoms with E-state index in [2.05, 4.69) is 17.4 Å². The fraction of sp³-hybridized carbons (Fsp3) is 0.409. The van der Waals surface area contributed by atoms with Crippen LogP contribution in [0.1, 0.15) is 42.9 Å². The first kappa shape index (κ1) is 20.4. The molecule has 0 radical (unpaired) electrons. The number of nitrogens with zero attached hydrogens (tertiary/aromatic N) is 1. The maximum absolute atomic E-state index is 13.0. The quantitative estimate of drug-likeness (QED) is 0.795. The highest BCUT2D eigenvalue weighted by Crippen LogP contribution is 2.31. The van der Waals surface area contributed by atoms with Gasteiger partial charge in [0.05, 0.1) is 16.9 Å². The third-order valence-electron chi connectivity index (χ3n) is 5.89. The molecule has 2 aromatic carbocycles. The number of hydrogen-bond acceptors (Lipinski definition) is 3. The smallest absolute Gasteiger partial charge is 0.243 e. The fourth-order valence-electron chi connectivity index (χ4n) is 4.32. The van der Waals surface area contributed by atoms with Crippen molar-refractivity contribution in [2.75, 3.05) is 13.1 Å². The number of sulfonamides is 1. The molecule has 1 aliphatic heterocycles. The Bertz CT molecular complexity index is 991. The normalized spacial score (nSPS) is 22.7. The fourth-order valence-corrected chi connectivity index (χ4v) is 5.97. The van der Waals surface area contributed by atoms with Gasteiger partial charge in [-0.05, 0) is 67.5 Å². The predicted octanol–water partition coefficient (Wildman–Crippen LogP) is 3.93. The maximum Gasteiger partial charge on any atom is 0.243 e. The van der Waals surface area contributed by atoms with Crippen LogP contribution in [0.3, 0.4) is 0 Å². The van der Waals surface area contributed by atoms with Gasteiger partial charge in [0, 0.05) is 18.1 Å². The van der Waals surface area contributed by atoms with Crippen LogP contribution >= 0.6 is 11.6 Å². The topological polar surface area (TPSA) is 66.5 Å². The van der Waals surface area contributed by atoms with Crippen molar-refractivity contribution >= 4 is 27.5 Å². The first-order valence-corrected chi connectivity index (χ1v) is 11.9. The van der Waals surface area contributed by atoms with Crippen LogP contribution in [0.15, 0.2) is 53.4 Å². The van der Waals surface area contributed by atoms with Gasteiger partial charge in [-0.1, -0.05) is 35.9 Å².